The first-order chi connectivity index (χ1) is 15.2. The summed E-state index contributed by atoms with van der Waals surface area (Å²) in [5.41, 5.74) is 0.900. The Balaban J connectivity index is 1.28. The molecule has 0 radical (unpaired) electrons. The molecule has 0 unspecified atom stereocenters. The van der Waals surface area contributed by atoms with Crippen LogP contribution in [0.3, 0.4) is 0 Å². The molecule has 5 rings (SSSR count). The highest BCUT2D eigenvalue weighted by Crippen LogP contribution is 2.41. The molecule has 2 aliphatic heterocycles. The SMILES string of the molecule is Cc1ccc(N2CCC[C@@H]2COC(=O)[C@@H]2C[C@H]3CCCC[C@@H]3N2c2ncccn2)nn1. The normalized spacial score (nSPS) is 27.9. The lowest BCUT2D eigenvalue weighted by Gasteiger charge is -2.33. The number of rotatable bonds is 5. The Bertz CT molecular complexity index is 893. The molecule has 1 saturated carbocycles. The Morgan fingerprint density at radius 1 is 1.10 bits per heavy atom. The molecule has 0 amide bonds. The molecule has 164 valence electrons. The van der Waals surface area contributed by atoms with Gasteiger partial charge in [-0.25, -0.2) is 14.8 Å². The van der Waals surface area contributed by atoms with Crippen LogP contribution >= 0.6 is 0 Å². The Morgan fingerprint density at radius 3 is 2.74 bits per heavy atom. The zero-order valence-electron chi connectivity index (χ0n) is 18.1. The Morgan fingerprint density at radius 2 is 1.94 bits per heavy atom. The molecule has 4 heterocycles. The zero-order valence-corrected chi connectivity index (χ0v) is 18.1. The van der Waals surface area contributed by atoms with Gasteiger partial charge in [0.2, 0.25) is 5.95 Å². The number of aromatic nitrogens is 4. The lowest BCUT2D eigenvalue weighted by Crippen LogP contribution is -2.45. The topological polar surface area (TPSA) is 84.3 Å². The largest absolute Gasteiger partial charge is 0.462 e. The third-order valence-corrected chi connectivity index (χ3v) is 7.02. The van der Waals surface area contributed by atoms with Gasteiger partial charge in [0.25, 0.3) is 0 Å². The van der Waals surface area contributed by atoms with E-state index in [-0.39, 0.29) is 18.1 Å². The van der Waals surface area contributed by atoms with Crippen molar-refractivity contribution in [3.63, 3.8) is 0 Å². The standard InChI is InChI=1S/C23H30N6O2/c1-16-9-10-21(27-26-16)28-13-4-7-18(28)15-31-22(30)20-14-17-6-2-3-8-19(17)29(20)23-24-11-5-12-25-23/h5,9-12,17-20H,2-4,6-8,13-15H2,1H3/t17-,18-,19+,20+/m1/s1. The lowest BCUT2D eigenvalue weighted by molar-refractivity contribution is -0.145. The molecule has 3 aliphatic rings. The summed E-state index contributed by atoms with van der Waals surface area (Å²) in [6.45, 7) is 3.22. The van der Waals surface area contributed by atoms with Crippen LogP contribution in [0.1, 0.15) is 50.6 Å². The van der Waals surface area contributed by atoms with Crippen molar-refractivity contribution in [1.82, 2.24) is 20.2 Å². The third-order valence-electron chi connectivity index (χ3n) is 7.02. The van der Waals surface area contributed by atoms with E-state index < -0.39 is 0 Å². The highest BCUT2D eigenvalue weighted by molar-refractivity contribution is 5.80. The molecule has 8 heteroatoms. The first-order valence-electron chi connectivity index (χ1n) is 11.5. The molecule has 0 spiro atoms. The fraction of sp³-hybridized carbons (Fsp3) is 0.609. The minimum absolute atomic E-state index is 0.145. The molecule has 1 aliphatic carbocycles. The minimum Gasteiger partial charge on any atom is -0.462 e. The summed E-state index contributed by atoms with van der Waals surface area (Å²) in [6, 6.07) is 5.96. The molecule has 4 atom stereocenters. The molecule has 3 fully saturated rings. The van der Waals surface area contributed by atoms with Gasteiger partial charge in [-0.05, 0) is 63.1 Å². The van der Waals surface area contributed by atoms with E-state index in [0.717, 1.165) is 43.7 Å². The second-order valence-corrected chi connectivity index (χ2v) is 8.97. The number of fused-ring (bicyclic) bond motifs is 1. The number of carbonyl (C=O) groups is 1. The van der Waals surface area contributed by atoms with E-state index in [0.29, 0.717) is 24.5 Å². The van der Waals surface area contributed by atoms with Crippen LogP contribution in [0.2, 0.25) is 0 Å². The number of aryl methyl sites for hydroxylation is 1. The maximum Gasteiger partial charge on any atom is 0.328 e. The summed E-state index contributed by atoms with van der Waals surface area (Å²) in [6.07, 6.45) is 11.1. The van der Waals surface area contributed by atoms with Crippen LogP contribution in [0, 0.1) is 12.8 Å². The lowest BCUT2D eigenvalue weighted by atomic mass is 9.85. The number of anilines is 2. The summed E-state index contributed by atoms with van der Waals surface area (Å²) in [5.74, 6) is 1.87. The number of ether oxygens (including phenoxy) is 1. The van der Waals surface area contributed by atoms with Gasteiger partial charge in [-0.3, -0.25) is 0 Å². The quantitative estimate of drug-likeness (QED) is 0.680. The van der Waals surface area contributed by atoms with Crippen molar-refractivity contribution in [2.24, 2.45) is 5.92 Å². The van der Waals surface area contributed by atoms with Crippen LogP contribution < -0.4 is 9.80 Å². The highest BCUT2D eigenvalue weighted by Gasteiger charge is 2.47. The Hall–Kier alpha value is -2.77. The van der Waals surface area contributed by atoms with Crippen molar-refractivity contribution in [3.05, 3.63) is 36.3 Å². The molecular formula is C23H30N6O2. The molecule has 2 aromatic heterocycles. The van der Waals surface area contributed by atoms with Crippen molar-refractivity contribution in [2.75, 3.05) is 23.0 Å². The van der Waals surface area contributed by atoms with E-state index in [1.807, 2.05) is 25.1 Å². The summed E-state index contributed by atoms with van der Waals surface area (Å²) in [7, 11) is 0. The number of hydrogen-bond acceptors (Lipinski definition) is 8. The number of carbonyl (C=O) groups excluding carboxylic acids is 1. The third kappa shape index (κ3) is 4.07. The minimum atomic E-state index is -0.301. The van der Waals surface area contributed by atoms with Gasteiger partial charge in [0.1, 0.15) is 12.6 Å². The van der Waals surface area contributed by atoms with E-state index in [1.165, 1.54) is 19.3 Å². The van der Waals surface area contributed by atoms with Crippen LogP contribution in [0.4, 0.5) is 11.8 Å². The van der Waals surface area contributed by atoms with Gasteiger partial charge in [-0.1, -0.05) is 12.8 Å². The summed E-state index contributed by atoms with van der Waals surface area (Å²) < 4.78 is 5.92. The predicted octanol–water partition coefficient (Wildman–Crippen LogP) is 2.92. The molecule has 0 aromatic carbocycles. The van der Waals surface area contributed by atoms with Crippen molar-refractivity contribution < 1.29 is 9.53 Å². The van der Waals surface area contributed by atoms with Crippen LogP contribution in [0.15, 0.2) is 30.6 Å². The summed E-state index contributed by atoms with van der Waals surface area (Å²) >= 11 is 0. The van der Waals surface area contributed by atoms with E-state index in [4.69, 9.17) is 4.74 Å². The highest BCUT2D eigenvalue weighted by atomic mass is 16.5. The molecule has 0 N–H and O–H groups in total. The van der Waals surface area contributed by atoms with Crippen molar-refractivity contribution in [3.8, 4) is 0 Å². The van der Waals surface area contributed by atoms with Gasteiger partial charge in [0.15, 0.2) is 5.82 Å². The van der Waals surface area contributed by atoms with E-state index >= 15 is 0 Å². The van der Waals surface area contributed by atoms with Gasteiger partial charge >= 0.3 is 5.97 Å². The number of esters is 1. The van der Waals surface area contributed by atoms with Gasteiger partial charge in [-0.2, -0.15) is 5.10 Å². The fourth-order valence-corrected chi connectivity index (χ4v) is 5.51. The number of hydrogen-bond donors (Lipinski definition) is 0. The molecule has 31 heavy (non-hydrogen) atoms. The zero-order chi connectivity index (χ0) is 21.2. The average molecular weight is 423 g/mol. The second-order valence-electron chi connectivity index (χ2n) is 8.97. The van der Waals surface area contributed by atoms with Crippen LogP contribution in [-0.4, -0.2) is 57.4 Å². The maximum atomic E-state index is 13.3. The molecule has 8 nitrogen and oxygen atoms in total. The second kappa shape index (κ2) is 8.77. The summed E-state index contributed by atoms with van der Waals surface area (Å²) in [4.78, 5) is 26.5. The smallest absolute Gasteiger partial charge is 0.328 e. The fourth-order valence-electron chi connectivity index (χ4n) is 5.51. The molecule has 2 saturated heterocycles. The van der Waals surface area contributed by atoms with Crippen LogP contribution in [-0.2, 0) is 9.53 Å². The Labute approximate surface area is 183 Å². The molecule has 2 aromatic rings. The average Bonchev–Trinajstić information content (AvgIpc) is 3.43. The predicted molar refractivity (Wildman–Crippen MR) is 117 cm³/mol. The van der Waals surface area contributed by atoms with Gasteiger partial charge in [-0.15, -0.1) is 5.10 Å². The van der Waals surface area contributed by atoms with E-state index in [1.54, 1.807) is 12.4 Å². The van der Waals surface area contributed by atoms with Crippen molar-refractivity contribution in [2.45, 2.75) is 70.0 Å². The summed E-state index contributed by atoms with van der Waals surface area (Å²) in [5, 5.41) is 8.51. The monoisotopic (exact) mass is 422 g/mol. The van der Waals surface area contributed by atoms with Crippen LogP contribution in [0.25, 0.3) is 0 Å². The van der Waals surface area contributed by atoms with Gasteiger partial charge in [0, 0.05) is 25.0 Å². The van der Waals surface area contributed by atoms with Gasteiger partial charge < -0.3 is 14.5 Å². The van der Waals surface area contributed by atoms with Gasteiger partial charge in [0.05, 0.1) is 11.7 Å². The van der Waals surface area contributed by atoms with Crippen LogP contribution in [0.5, 0.6) is 0 Å². The van der Waals surface area contributed by atoms with Crippen molar-refractivity contribution in [1.29, 1.82) is 0 Å². The first kappa shape index (κ1) is 20.2. The molecule has 0 bridgehead atoms. The number of nitrogens with zero attached hydrogens (tertiary/aromatic N) is 6. The maximum absolute atomic E-state index is 13.3. The molecular weight excluding hydrogens is 392 g/mol. The Kier molecular flexibility index (Phi) is 5.70. The first-order valence-corrected chi connectivity index (χ1v) is 11.5. The van der Waals surface area contributed by atoms with E-state index in [2.05, 4.69) is 30.0 Å². The van der Waals surface area contributed by atoms with E-state index in [9.17, 15) is 4.79 Å². The van der Waals surface area contributed by atoms with Crippen molar-refractivity contribution >= 4 is 17.7 Å².